The number of anilines is 1. The van der Waals surface area contributed by atoms with Gasteiger partial charge >= 0.3 is 5.00 Å². The number of Topliss-reactive ketones (excluding diaryl/α,β-unsaturated/α-hetero) is 1. The molecule has 0 saturated heterocycles. The summed E-state index contributed by atoms with van der Waals surface area (Å²) in [5.74, 6) is -0.545. The second-order valence-corrected chi connectivity index (χ2v) is 5.05. The minimum absolute atomic E-state index is 0.0902. The number of nitrogens with zero attached hydrogens (tertiary/aromatic N) is 1. The fraction of sp³-hybridized carbons (Fsp3) is 0.0769. The monoisotopic (exact) mass is 290 g/mol. The number of rotatable bonds is 4. The molecule has 0 fully saturated rings. The highest BCUT2D eigenvalue weighted by atomic mass is 32.1. The Morgan fingerprint density at radius 2 is 2.00 bits per heavy atom. The summed E-state index contributed by atoms with van der Waals surface area (Å²) >= 11 is 0.801. The number of carbonyl (C=O) groups excluding carboxylic acids is 2. The molecule has 102 valence electrons. The first-order valence-corrected chi connectivity index (χ1v) is 6.45. The molecule has 1 aromatic carbocycles. The lowest BCUT2D eigenvalue weighted by Gasteiger charge is -2.04. The van der Waals surface area contributed by atoms with Crippen LogP contribution in [0.15, 0.2) is 36.4 Å². The molecular weight excluding hydrogens is 280 g/mol. The molecule has 0 aliphatic heterocycles. The van der Waals surface area contributed by atoms with Crippen LogP contribution in [0.2, 0.25) is 0 Å². The Morgan fingerprint density at radius 1 is 1.25 bits per heavy atom. The third kappa shape index (κ3) is 3.07. The molecule has 0 unspecified atom stereocenters. The number of amides is 1. The number of hydrogen-bond donors (Lipinski definition) is 1. The van der Waals surface area contributed by atoms with Crippen molar-refractivity contribution in [3.05, 3.63) is 57.0 Å². The lowest BCUT2D eigenvalue weighted by atomic mass is 10.1. The lowest BCUT2D eigenvalue weighted by Crippen LogP contribution is -2.10. The maximum atomic E-state index is 11.9. The standard InChI is InChI=1S/C13H10N2O4S/c1-8(16)9-3-2-4-10(7-9)14-13(17)11-5-6-12(20-11)15(18)19/h2-7H,1H3,(H,14,17). The predicted octanol–water partition coefficient (Wildman–Crippen LogP) is 3.11. The van der Waals surface area contributed by atoms with Crippen molar-refractivity contribution in [1.29, 1.82) is 0 Å². The summed E-state index contributed by atoms with van der Waals surface area (Å²) < 4.78 is 0. The van der Waals surface area contributed by atoms with Crippen molar-refractivity contribution >= 4 is 33.7 Å². The van der Waals surface area contributed by atoms with Crippen molar-refractivity contribution < 1.29 is 14.5 Å². The zero-order chi connectivity index (χ0) is 14.7. The van der Waals surface area contributed by atoms with Crippen molar-refractivity contribution in [2.24, 2.45) is 0 Å². The van der Waals surface area contributed by atoms with Crippen LogP contribution in [0.4, 0.5) is 10.7 Å². The van der Waals surface area contributed by atoms with Crippen LogP contribution >= 0.6 is 11.3 Å². The molecule has 1 amide bonds. The number of thiophene rings is 1. The molecule has 0 spiro atoms. The van der Waals surface area contributed by atoms with Crippen LogP contribution in [0, 0.1) is 10.1 Å². The van der Waals surface area contributed by atoms with Gasteiger partial charge in [0.2, 0.25) is 0 Å². The minimum atomic E-state index is -0.544. The van der Waals surface area contributed by atoms with Crippen LogP contribution in [-0.4, -0.2) is 16.6 Å². The van der Waals surface area contributed by atoms with Crippen LogP contribution in [-0.2, 0) is 0 Å². The quantitative estimate of drug-likeness (QED) is 0.532. The number of carbonyl (C=O) groups is 2. The Kier molecular flexibility index (Phi) is 3.90. The Morgan fingerprint density at radius 3 is 2.60 bits per heavy atom. The van der Waals surface area contributed by atoms with E-state index < -0.39 is 10.8 Å². The largest absolute Gasteiger partial charge is 0.324 e. The topological polar surface area (TPSA) is 89.3 Å². The average molecular weight is 290 g/mol. The maximum Gasteiger partial charge on any atom is 0.324 e. The van der Waals surface area contributed by atoms with Gasteiger partial charge in [-0.15, -0.1) is 0 Å². The molecule has 2 rings (SSSR count). The molecule has 6 nitrogen and oxygen atoms in total. The van der Waals surface area contributed by atoms with Gasteiger partial charge in [0.1, 0.15) is 0 Å². The SMILES string of the molecule is CC(=O)c1cccc(NC(=O)c2ccc([N+](=O)[O-])s2)c1. The van der Waals surface area contributed by atoms with Gasteiger partial charge in [-0.05, 0) is 25.1 Å². The van der Waals surface area contributed by atoms with Gasteiger partial charge in [-0.1, -0.05) is 23.5 Å². The van der Waals surface area contributed by atoms with Crippen molar-refractivity contribution in [3.63, 3.8) is 0 Å². The van der Waals surface area contributed by atoms with Crippen molar-refractivity contribution in [2.45, 2.75) is 6.92 Å². The lowest BCUT2D eigenvalue weighted by molar-refractivity contribution is -0.380. The molecule has 0 aliphatic rings. The van der Waals surface area contributed by atoms with Crippen LogP contribution in [0.3, 0.4) is 0 Å². The van der Waals surface area contributed by atoms with E-state index in [0.717, 1.165) is 11.3 Å². The summed E-state index contributed by atoms with van der Waals surface area (Å²) in [5.41, 5.74) is 0.957. The van der Waals surface area contributed by atoms with Gasteiger partial charge in [0, 0.05) is 17.3 Å². The van der Waals surface area contributed by atoms with Crippen molar-refractivity contribution in [1.82, 2.24) is 0 Å². The third-order valence-corrected chi connectivity index (χ3v) is 3.56. The molecular formula is C13H10N2O4S. The van der Waals surface area contributed by atoms with E-state index in [1.165, 1.54) is 19.1 Å². The van der Waals surface area contributed by atoms with Gasteiger partial charge in [-0.3, -0.25) is 19.7 Å². The first kappa shape index (κ1) is 13.9. The van der Waals surface area contributed by atoms with Gasteiger partial charge in [0.05, 0.1) is 9.80 Å². The van der Waals surface area contributed by atoms with Crippen LogP contribution < -0.4 is 5.32 Å². The first-order chi connectivity index (χ1) is 9.47. The Bertz CT molecular complexity index is 693. The van der Waals surface area contributed by atoms with Gasteiger partial charge in [0.25, 0.3) is 5.91 Å². The number of benzene rings is 1. The highest BCUT2D eigenvalue weighted by Crippen LogP contribution is 2.24. The van der Waals surface area contributed by atoms with Gasteiger partial charge in [-0.2, -0.15) is 0 Å². The van der Waals surface area contributed by atoms with E-state index in [-0.39, 0.29) is 15.7 Å². The van der Waals surface area contributed by atoms with Crippen LogP contribution in [0.5, 0.6) is 0 Å². The second kappa shape index (κ2) is 5.62. The molecule has 0 saturated carbocycles. The van der Waals surface area contributed by atoms with E-state index in [2.05, 4.69) is 5.32 Å². The Labute approximate surface area is 118 Å². The molecule has 20 heavy (non-hydrogen) atoms. The normalized spacial score (nSPS) is 10.1. The van der Waals surface area contributed by atoms with Crippen LogP contribution in [0.1, 0.15) is 27.0 Å². The van der Waals surface area contributed by atoms with E-state index in [4.69, 9.17) is 0 Å². The third-order valence-electron chi connectivity index (χ3n) is 2.52. The van der Waals surface area contributed by atoms with Gasteiger partial charge in [-0.25, -0.2) is 0 Å². The molecule has 1 aromatic heterocycles. The van der Waals surface area contributed by atoms with Crippen molar-refractivity contribution in [3.8, 4) is 0 Å². The van der Waals surface area contributed by atoms with Gasteiger partial charge in [0.15, 0.2) is 5.78 Å². The first-order valence-electron chi connectivity index (χ1n) is 5.64. The Balaban J connectivity index is 2.16. The number of nitrogens with one attached hydrogen (secondary N) is 1. The smallest absolute Gasteiger partial charge is 0.321 e. The summed E-state index contributed by atoms with van der Waals surface area (Å²) in [6, 6.07) is 9.18. The summed E-state index contributed by atoms with van der Waals surface area (Å²) in [5, 5.41) is 13.1. The molecule has 1 N–H and O–H groups in total. The second-order valence-electron chi connectivity index (χ2n) is 3.99. The fourth-order valence-corrected chi connectivity index (χ4v) is 2.27. The van der Waals surface area contributed by atoms with E-state index in [9.17, 15) is 19.7 Å². The Hall–Kier alpha value is -2.54. The zero-order valence-electron chi connectivity index (χ0n) is 10.5. The van der Waals surface area contributed by atoms with E-state index >= 15 is 0 Å². The molecule has 1 heterocycles. The predicted molar refractivity (Wildman–Crippen MR) is 75.4 cm³/mol. The van der Waals surface area contributed by atoms with Crippen molar-refractivity contribution in [2.75, 3.05) is 5.32 Å². The zero-order valence-corrected chi connectivity index (χ0v) is 11.3. The molecule has 7 heteroatoms. The molecule has 0 atom stereocenters. The molecule has 0 bridgehead atoms. The molecule has 0 aliphatic carbocycles. The summed E-state index contributed by atoms with van der Waals surface area (Å²) in [6.07, 6.45) is 0. The molecule has 2 aromatic rings. The van der Waals surface area contributed by atoms with Gasteiger partial charge < -0.3 is 5.32 Å². The number of hydrogen-bond acceptors (Lipinski definition) is 5. The minimum Gasteiger partial charge on any atom is -0.321 e. The summed E-state index contributed by atoms with van der Waals surface area (Å²) in [7, 11) is 0. The highest BCUT2D eigenvalue weighted by Gasteiger charge is 2.15. The summed E-state index contributed by atoms with van der Waals surface area (Å²) in [4.78, 5) is 33.4. The highest BCUT2D eigenvalue weighted by molar-refractivity contribution is 7.17. The number of nitro groups is 1. The van der Waals surface area contributed by atoms with E-state index in [1.807, 2.05) is 0 Å². The van der Waals surface area contributed by atoms with Crippen LogP contribution in [0.25, 0.3) is 0 Å². The fourth-order valence-electron chi connectivity index (χ4n) is 1.56. The summed E-state index contributed by atoms with van der Waals surface area (Å²) in [6.45, 7) is 1.43. The van der Waals surface area contributed by atoms with E-state index in [0.29, 0.717) is 11.3 Å². The molecule has 0 radical (unpaired) electrons. The van der Waals surface area contributed by atoms with E-state index in [1.54, 1.807) is 24.3 Å². The number of ketones is 1. The maximum absolute atomic E-state index is 11.9. The average Bonchev–Trinajstić information content (AvgIpc) is 2.88.